The highest BCUT2D eigenvalue weighted by Crippen LogP contribution is 2.66. The summed E-state index contributed by atoms with van der Waals surface area (Å²) in [7, 11) is 0. The maximum atomic E-state index is 2.39. The molecule has 0 heteroatoms. The molecule has 0 aromatic heterocycles. The van der Waals surface area contributed by atoms with Crippen LogP contribution in [0.2, 0.25) is 0 Å². The lowest BCUT2D eigenvalue weighted by molar-refractivity contribution is 0.976. The smallest absolute Gasteiger partial charge is 0.0358 e. The highest BCUT2D eigenvalue weighted by molar-refractivity contribution is 6.04. The molecule has 3 aliphatic carbocycles. The quantitative estimate of drug-likeness (QED) is 0.186. The van der Waals surface area contributed by atoms with Crippen LogP contribution in [0.5, 0.6) is 0 Å². The molecule has 0 saturated carbocycles. The molecule has 0 fully saturated rings. The minimum Gasteiger partial charge on any atom is -0.0619 e. The van der Waals surface area contributed by atoms with Crippen molar-refractivity contribution in [2.45, 2.75) is 38.5 Å². The minimum absolute atomic E-state index is 0.156. The van der Waals surface area contributed by atoms with Gasteiger partial charge in [0.1, 0.15) is 0 Å². The van der Waals surface area contributed by atoms with Crippen molar-refractivity contribution in [3.8, 4) is 33.4 Å². The lowest BCUT2D eigenvalue weighted by Gasteiger charge is -2.25. The van der Waals surface area contributed by atoms with Crippen LogP contribution >= 0.6 is 0 Å². The molecule has 0 bridgehead atoms. The normalized spacial score (nSPS) is 17.7. The van der Waals surface area contributed by atoms with Gasteiger partial charge in [0.15, 0.2) is 0 Å². The van der Waals surface area contributed by atoms with E-state index in [1.54, 1.807) is 0 Å². The Morgan fingerprint density at radius 3 is 0.812 bits per heavy atom. The zero-order valence-corrected chi connectivity index (χ0v) is 27.6. The fraction of sp³-hybridized carbons (Fsp3) is 0.125. The Labute approximate surface area is 283 Å². The summed E-state index contributed by atoms with van der Waals surface area (Å²) >= 11 is 0. The molecule has 3 atom stereocenters. The van der Waals surface area contributed by atoms with E-state index in [1.165, 1.54) is 100 Å². The minimum atomic E-state index is 0.156. The molecule has 0 unspecified atom stereocenters. The second kappa shape index (κ2) is 10.3. The van der Waals surface area contributed by atoms with Gasteiger partial charge in [-0.2, -0.15) is 0 Å². The molecular weight excluding hydrogens is 577 g/mol. The van der Waals surface area contributed by atoms with Crippen LogP contribution < -0.4 is 0 Å². The standard InChI is InChI=1S/C48H36/c1-28-16-22-31(23-17-28)40-34-10-4-7-13-37(34)43-46(40)44-38-14-8-5-11-35(38)41(32-24-18-29(2)19-25-32)48(44)45-39-15-9-6-12-36(39)42(47(43)45)33-26-20-30(3)21-27-33/h4-27,40-42H,1-3H3/t40-,41-,42-/m1/s1. The van der Waals surface area contributed by atoms with Crippen molar-refractivity contribution in [1.29, 1.82) is 0 Å². The molecule has 7 aromatic rings. The lowest BCUT2D eigenvalue weighted by atomic mass is 9.77. The van der Waals surface area contributed by atoms with Crippen molar-refractivity contribution in [3.63, 3.8) is 0 Å². The van der Waals surface area contributed by atoms with E-state index in [4.69, 9.17) is 0 Å². The summed E-state index contributed by atoms with van der Waals surface area (Å²) in [6.45, 7) is 6.57. The van der Waals surface area contributed by atoms with Crippen molar-refractivity contribution in [3.05, 3.63) is 212 Å². The van der Waals surface area contributed by atoms with E-state index < -0.39 is 0 Å². The van der Waals surface area contributed by atoms with Crippen LogP contribution in [0.25, 0.3) is 33.4 Å². The van der Waals surface area contributed by atoms with Crippen LogP contribution in [0, 0.1) is 20.8 Å². The lowest BCUT2D eigenvalue weighted by Crippen LogP contribution is -2.08. The molecule has 0 aliphatic heterocycles. The summed E-state index contributed by atoms with van der Waals surface area (Å²) in [6.07, 6.45) is 0. The van der Waals surface area contributed by atoms with E-state index >= 15 is 0 Å². The Balaban J connectivity index is 1.41. The number of fused-ring (bicyclic) bond motifs is 12. The summed E-state index contributed by atoms with van der Waals surface area (Å²) in [5, 5.41) is 0. The van der Waals surface area contributed by atoms with E-state index in [2.05, 4.69) is 166 Å². The van der Waals surface area contributed by atoms with Crippen molar-refractivity contribution < 1.29 is 0 Å². The summed E-state index contributed by atoms with van der Waals surface area (Å²) in [5.41, 5.74) is 25.2. The number of rotatable bonds is 3. The fourth-order valence-corrected chi connectivity index (χ4v) is 9.26. The van der Waals surface area contributed by atoms with Crippen molar-refractivity contribution in [2.24, 2.45) is 0 Å². The predicted octanol–water partition coefficient (Wildman–Crippen LogP) is 12.1. The first-order valence-corrected chi connectivity index (χ1v) is 17.3. The van der Waals surface area contributed by atoms with Crippen molar-refractivity contribution in [2.75, 3.05) is 0 Å². The Morgan fingerprint density at radius 2 is 0.542 bits per heavy atom. The average molecular weight is 613 g/mol. The van der Waals surface area contributed by atoms with Gasteiger partial charge >= 0.3 is 0 Å². The second-order valence-electron chi connectivity index (χ2n) is 14.2. The number of aryl methyl sites for hydroxylation is 3. The van der Waals surface area contributed by atoms with Gasteiger partial charge in [0.25, 0.3) is 0 Å². The van der Waals surface area contributed by atoms with E-state index in [-0.39, 0.29) is 17.8 Å². The summed E-state index contributed by atoms with van der Waals surface area (Å²) < 4.78 is 0. The summed E-state index contributed by atoms with van der Waals surface area (Å²) in [5.74, 6) is 0.467. The first kappa shape index (κ1) is 27.6. The van der Waals surface area contributed by atoms with Gasteiger partial charge in [-0.1, -0.05) is 162 Å². The molecule has 0 nitrogen and oxygen atoms in total. The number of hydrogen-bond donors (Lipinski definition) is 0. The van der Waals surface area contributed by atoms with Crippen molar-refractivity contribution >= 4 is 0 Å². The molecule has 0 N–H and O–H groups in total. The first-order chi connectivity index (χ1) is 23.6. The topological polar surface area (TPSA) is 0 Å². The Morgan fingerprint density at radius 1 is 0.292 bits per heavy atom. The fourth-order valence-electron chi connectivity index (χ4n) is 9.26. The van der Waals surface area contributed by atoms with Gasteiger partial charge in [-0.05, 0) is 104 Å². The highest BCUT2D eigenvalue weighted by Gasteiger charge is 2.47. The van der Waals surface area contributed by atoms with Crippen LogP contribution in [0.15, 0.2) is 146 Å². The predicted molar refractivity (Wildman–Crippen MR) is 199 cm³/mol. The number of benzene rings is 7. The molecule has 0 spiro atoms. The first-order valence-electron chi connectivity index (χ1n) is 17.3. The molecule has 0 radical (unpaired) electrons. The van der Waals surface area contributed by atoms with Gasteiger partial charge in [-0.3, -0.25) is 0 Å². The third-order valence-electron chi connectivity index (χ3n) is 11.3. The van der Waals surface area contributed by atoms with Gasteiger partial charge in [0.05, 0.1) is 0 Å². The van der Waals surface area contributed by atoms with Gasteiger partial charge in [-0.25, -0.2) is 0 Å². The Hall–Kier alpha value is -5.46. The third-order valence-corrected chi connectivity index (χ3v) is 11.3. The Bertz CT molecular complexity index is 2110. The zero-order valence-electron chi connectivity index (χ0n) is 27.6. The van der Waals surface area contributed by atoms with Gasteiger partial charge < -0.3 is 0 Å². The molecule has 7 aromatic carbocycles. The average Bonchev–Trinajstić information content (AvgIpc) is 3.76. The molecule has 0 saturated heterocycles. The van der Waals surface area contributed by atoms with Crippen LogP contribution in [-0.4, -0.2) is 0 Å². The van der Waals surface area contributed by atoms with E-state index in [0.717, 1.165) is 0 Å². The molecule has 228 valence electrons. The van der Waals surface area contributed by atoms with Gasteiger partial charge in [0.2, 0.25) is 0 Å². The van der Waals surface area contributed by atoms with E-state index in [1.807, 2.05) is 0 Å². The largest absolute Gasteiger partial charge is 0.0619 e. The molecule has 0 amide bonds. The molecule has 48 heavy (non-hydrogen) atoms. The van der Waals surface area contributed by atoms with E-state index in [0.29, 0.717) is 0 Å². The monoisotopic (exact) mass is 612 g/mol. The molecule has 3 aliphatic rings. The van der Waals surface area contributed by atoms with Crippen LogP contribution in [0.3, 0.4) is 0 Å². The molecule has 10 rings (SSSR count). The summed E-state index contributed by atoms with van der Waals surface area (Å²) in [4.78, 5) is 0. The SMILES string of the molecule is Cc1ccc([C@@H]2c3ccccc3-c3c2c2c(c4c3[C@H](c3ccc(C)cc3)c3ccccc3-4)[C@H](c3ccc(C)cc3)c3ccccc3-2)cc1. The van der Waals surface area contributed by atoms with E-state index in [9.17, 15) is 0 Å². The summed E-state index contributed by atoms with van der Waals surface area (Å²) in [6, 6.07) is 55.7. The maximum absolute atomic E-state index is 2.39. The highest BCUT2D eigenvalue weighted by atomic mass is 14.5. The van der Waals surface area contributed by atoms with Crippen LogP contribution in [0.4, 0.5) is 0 Å². The Kier molecular flexibility index (Phi) is 5.91. The maximum Gasteiger partial charge on any atom is 0.0358 e. The van der Waals surface area contributed by atoms with Crippen LogP contribution in [0.1, 0.15) is 84.5 Å². The number of hydrogen-bond acceptors (Lipinski definition) is 0. The zero-order chi connectivity index (χ0) is 32.1. The van der Waals surface area contributed by atoms with Crippen molar-refractivity contribution in [1.82, 2.24) is 0 Å². The van der Waals surface area contributed by atoms with Gasteiger partial charge in [0, 0.05) is 17.8 Å². The molecule has 0 heterocycles. The molecular formula is C48H36. The second-order valence-corrected chi connectivity index (χ2v) is 14.2. The van der Waals surface area contributed by atoms with Gasteiger partial charge in [-0.15, -0.1) is 0 Å². The third kappa shape index (κ3) is 3.78. The van der Waals surface area contributed by atoms with Crippen LogP contribution in [-0.2, 0) is 0 Å².